The van der Waals surface area contributed by atoms with Crippen LogP contribution in [0.3, 0.4) is 0 Å². The Labute approximate surface area is 55.0 Å². The van der Waals surface area contributed by atoms with Crippen LogP contribution in [0, 0.1) is 0 Å². The average Bonchev–Trinajstić information content (AvgIpc) is 1.84. The molecule has 9 heavy (non-hydrogen) atoms. The number of nitrogens with one attached hydrogen (secondary N) is 1. The van der Waals surface area contributed by atoms with E-state index in [0.717, 1.165) is 13.0 Å². The quantitative estimate of drug-likeness (QED) is 0.504. The summed E-state index contributed by atoms with van der Waals surface area (Å²) in [5.41, 5.74) is 0. The van der Waals surface area contributed by atoms with Crippen molar-refractivity contribution in [1.29, 1.82) is 0 Å². The third kappa shape index (κ3) is 0.992. The first-order valence-electron chi connectivity index (χ1n) is 3.24. The summed E-state index contributed by atoms with van der Waals surface area (Å²) in [4.78, 5) is 12.6. The van der Waals surface area contributed by atoms with Crippen molar-refractivity contribution in [3.63, 3.8) is 0 Å². The van der Waals surface area contributed by atoms with Crippen LogP contribution in [0.4, 0.5) is 4.79 Å². The SMILES string of the molecule is CNC(=O)N1CCC1C. The number of urea groups is 1. The first-order valence-corrected chi connectivity index (χ1v) is 3.24. The molecule has 1 heterocycles. The van der Waals surface area contributed by atoms with Gasteiger partial charge in [-0.2, -0.15) is 0 Å². The van der Waals surface area contributed by atoms with E-state index in [9.17, 15) is 4.79 Å². The molecule has 0 saturated carbocycles. The highest BCUT2D eigenvalue weighted by atomic mass is 16.2. The Hall–Kier alpha value is -0.730. The molecule has 0 aromatic rings. The van der Waals surface area contributed by atoms with E-state index >= 15 is 0 Å². The Morgan fingerprint density at radius 2 is 2.44 bits per heavy atom. The Kier molecular flexibility index (Phi) is 1.60. The molecule has 3 nitrogen and oxygen atoms in total. The molecule has 1 fully saturated rings. The molecule has 1 unspecified atom stereocenters. The number of rotatable bonds is 0. The molecule has 1 aliphatic heterocycles. The molecule has 1 atom stereocenters. The molecule has 0 bridgehead atoms. The summed E-state index contributed by atoms with van der Waals surface area (Å²) in [6.45, 7) is 2.97. The van der Waals surface area contributed by atoms with Gasteiger partial charge in [-0.1, -0.05) is 0 Å². The Morgan fingerprint density at radius 1 is 1.78 bits per heavy atom. The van der Waals surface area contributed by atoms with Gasteiger partial charge in [-0.05, 0) is 13.3 Å². The van der Waals surface area contributed by atoms with Gasteiger partial charge in [0.05, 0.1) is 0 Å². The van der Waals surface area contributed by atoms with Crippen molar-refractivity contribution in [2.45, 2.75) is 19.4 Å². The topological polar surface area (TPSA) is 32.3 Å². The number of amides is 2. The number of hydrogen-bond donors (Lipinski definition) is 1. The van der Waals surface area contributed by atoms with Crippen LogP contribution in [-0.2, 0) is 0 Å². The Morgan fingerprint density at radius 3 is 2.56 bits per heavy atom. The number of hydrogen-bond acceptors (Lipinski definition) is 1. The van der Waals surface area contributed by atoms with E-state index in [-0.39, 0.29) is 6.03 Å². The van der Waals surface area contributed by atoms with Gasteiger partial charge in [0, 0.05) is 19.6 Å². The zero-order valence-electron chi connectivity index (χ0n) is 5.85. The van der Waals surface area contributed by atoms with Crippen LogP contribution in [0.15, 0.2) is 0 Å². The number of likely N-dealkylation sites (tertiary alicyclic amines) is 1. The summed E-state index contributed by atoms with van der Waals surface area (Å²) in [5, 5.41) is 2.58. The Balaban J connectivity index is 2.35. The van der Waals surface area contributed by atoms with Crippen LogP contribution >= 0.6 is 0 Å². The van der Waals surface area contributed by atoms with Crippen molar-refractivity contribution in [2.75, 3.05) is 13.6 Å². The van der Waals surface area contributed by atoms with Gasteiger partial charge in [-0.25, -0.2) is 4.79 Å². The highest BCUT2D eigenvalue weighted by Gasteiger charge is 2.26. The van der Waals surface area contributed by atoms with E-state index < -0.39 is 0 Å². The fourth-order valence-corrected chi connectivity index (χ4v) is 0.962. The van der Waals surface area contributed by atoms with E-state index in [4.69, 9.17) is 0 Å². The van der Waals surface area contributed by atoms with Crippen molar-refractivity contribution < 1.29 is 4.79 Å². The molecule has 0 aromatic carbocycles. The average molecular weight is 128 g/mol. The van der Waals surface area contributed by atoms with Gasteiger partial charge in [0.25, 0.3) is 0 Å². The molecule has 2 amide bonds. The minimum atomic E-state index is 0.0498. The zero-order chi connectivity index (χ0) is 6.85. The minimum absolute atomic E-state index is 0.0498. The van der Waals surface area contributed by atoms with E-state index in [0.29, 0.717) is 6.04 Å². The highest BCUT2D eigenvalue weighted by Crippen LogP contribution is 2.15. The second-order valence-corrected chi connectivity index (χ2v) is 2.39. The lowest BCUT2D eigenvalue weighted by Gasteiger charge is -2.38. The lowest BCUT2D eigenvalue weighted by atomic mass is 10.1. The molecule has 0 aliphatic carbocycles. The highest BCUT2D eigenvalue weighted by molar-refractivity contribution is 5.74. The van der Waals surface area contributed by atoms with Crippen LogP contribution < -0.4 is 5.32 Å². The first-order chi connectivity index (χ1) is 4.25. The van der Waals surface area contributed by atoms with Gasteiger partial charge in [-0.3, -0.25) is 0 Å². The minimum Gasteiger partial charge on any atom is -0.341 e. The van der Waals surface area contributed by atoms with Crippen molar-refractivity contribution in [3.8, 4) is 0 Å². The molecule has 52 valence electrons. The molecule has 1 saturated heterocycles. The van der Waals surface area contributed by atoms with Crippen molar-refractivity contribution >= 4 is 6.03 Å². The van der Waals surface area contributed by atoms with E-state index in [1.165, 1.54) is 0 Å². The third-order valence-electron chi connectivity index (χ3n) is 1.79. The Bertz CT molecular complexity index is 124. The van der Waals surface area contributed by atoms with E-state index in [2.05, 4.69) is 12.2 Å². The molecule has 0 aromatic heterocycles. The maximum Gasteiger partial charge on any atom is 0.317 e. The van der Waals surface area contributed by atoms with Crippen molar-refractivity contribution in [3.05, 3.63) is 0 Å². The summed E-state index contributed by atoms with van der Waals surface area (Å²) in [6.07, 6.45) is 1.15. The number of carbonyl (C=O) groups excluding carboxylic acids is 1. The monoisotopic (exact) mass is 128 g/mol. The van der Waals surface area contributed by atoms with Gasteiger partial charge in [0.2, 0.25) is 0 Å². The van der Waals surface area contributed by atoms with Crippen molar-refractivity contribution in [1.82, 2.24) is 10.2 Å². The molecule has 3 heteroatoms. The lowest BCUT2D eigenvalue weighted by molar-refractivity contribution is 0.127. The van der Waals surface area contributed by atoms with E-state index in [1.807, 2.05) is 4.90 Å². The summed E-state index contributed by atoms with van der Waals surface area (Å²) < 4.78 is 0. The fraction of sp³-hybridized carbons (Fsp3) is 0.833. The maximum atomic E-state index is 10.8. The molecule has 1 aliphatic rings. The fourth-order valence-electron chi connectivity index (χ4n) is 0.962. The van der Waals surface area contributed by atoms with Gasteiger partial charge >= 0.3 is 6.03 Å². The van der Waals surface area contributed by atoms with Crippen LogP contribution in [0.5, 0.6) is 0 Å². The normalized spacial score (nSPS) is 25.1. The first kappa shape index (κ1) is 6.39. The van der Waals surface area contributed by atoms with Crippen LogP contribution in [0.1, 0.15) is 13.3 Å². The maximum absolute atomic E-state index is 10.8. The molecule has 1 N–H and O–H groups in total. The largest absolute Gasteiger partial charge is 0.341 e. The summed E-state index contributed by atoms with van der Waals surface area (Å²) >= 11 is 0. The number of nitrogens with zero attached hydrogens (tertiary/aromatic N) is 1. The molecular weight excluding hydrogens is 116 g/mol. The summed E-state index contributed by atoms with van der Waals surface area (Å²) in [5.74, 6) is 0. The van der Waals surface area contributed by atoms with Gasteiger partial charge in [0.1, 0.15) is 0 Å². The van der Waals surface area contributed by atoms with E-state index in [1.54, 1.807) is 7.05 Å². The summed E-state index contributed by atoms with van der Waals surface area (Å²) in [7, 11) is 1.66. The van der Waals surface area contributed by atoms with Gasteiger partial charge < -0.3 is 10.2 Å². The van der Waals surface area contributed by atoms with Gasteiger partial charge in [-0.15, -0.1) is 0 Å². The zero-order valence-corrected chi connectivity index (χ0v) is 5.85. The second kappa shape index (κ2) is 2.25. The standard InChI is InChI=1S/C6H12N2O/c1-5-3-4-8(5)6(9)7-2/h5H,3-4H2,1-2H3,(H,7,9). The van der Waals surface area contributed by atoms with Crippen LogP contribution in [-0.4, -0.2) is 30.6 Å². The molecule has 0 spiro atoms. The van der Waals surface area contributed by atoms with Crippen LogP contribution in [0.2, 0.25) is 0 Å². The van der Waals surface area contributed by atoms with Crippen molar-refractivity contribution in [2.24, 2.45) is 0 Å². The van der Waals surface area contributed by atoms with Gasteiger partial charge in [0.15, 0.2) is 0 Å². The van der Waals surface area contributed by atoms with Crippen LogP contribution in [0.25, 0.3) is 0 Å². The number of carbonyl (C=O) groups is 1. The molecule has 1 rings (SSSR count). The summed E-state index contributed by atoms with van der Waals surface area (Å²) in [6, 6.07) is 0.499. The lowest BCUT2D eigenvalue weighted by Crippen LogP contribution is -2.52. The smallest absolute Gasteiger partial charge is 0.317 e. The predicted octanol–water partition coefficient (Wildman–Crippen LogP) is 0.420. The molecule has 0 radical (unpaired) electrons. The third-order valence-corrected chi connectivity index (χ3v) is 1.79. The second-order valence-electron chi connectivity index (χ2n) is 2.39. The predicted molar refractivity (Wildman–Crippen MR) is 35.2 cm³/mol. The molecular formula is C6H12N2O.